The summed E-state index contributed by atoms with van der Waals surface area (Å²) >= 11 is 6.79. The van der Waals surface area contributed by atoms with Crippen molar-refractivity contribution in [1.82, 2.24) is 5.32 Å². The van der Waals surface area contributed by atoms with Gasteiger partial charge in [0.15, 0.2) is 0 Å². The van der Waals surface area contributed by atoms with Gasteiger partial charge in [-0.3, -0.25) is 14.9 Å². The highest BCUT2D eigenvalue weighted by Gasteiger charge is 2.07. The largest absolute Gasteiger partial charge is 0.348 e. The Morgan fingerprint density at radius 2 is 2.00 bits per heavy atom. The molecule has 0 atom stereocenters. The molecule has 0 aliphatic heterocycles. The van der Waals surface area contributed by atoms with Crippen molar-refractivity contribution in [2.45, 2.75) is 6.54 Å². The summed E-state index contributed by atoms with van der Waals surface area (Å²) in [6.07, 6.45) is 2.90. The van der Waals surface area contributed by atoms with Crippen LogP contribution in [0.1, 0.15) is 10.4 Å². The molecule has 0 radical (unpaired) electrons. The van der Waals surface area contributed by atoms with Crippen LogP contribution < -0.4 is 5.32 Å². The van der Waals surface area contributed by atoms with E-state index in [1.54, 1.807) is 24.3 Å². The van der Waals surface area contributed by atoms with Crippen LogP contribution in [-0.4, -0.2) is 10.8 Å². The van der Waals surface area contributed by atoms with Crippen molar-refractivity contribution in [2.24, 2.45) is 0 Å². The second-order valence-electron chi connectivity index (χ2n) is 4.11. The minimum Gasteiger partial charge on any atom is -0.348 e. The molecular weight excluding hydrogens is 312 g/mol. The van der Waals surface area contributed by atoms with Gasteiger partial charge in [-0.25, -0.2) is 0 Å². The summed E-state index contributed by atoms with van der Waals surface area (Å²) in [7, 11) is 0. The topological polar surface area (TPSA) is 72.2 Å². The van der Waals surface area contributed by atoms with E-state index in [1.165, 1.54) is 12.1 Å². The molecule has 1 amide bonds. The van der Waals surface area contributed by atoms with E-state index in [4.69, 9.17) is 11.6 Å². The Hall–Kier alpha value is -2.18. The molecule has 0 spiro atoms. The Kier molecular flexibility index (Phi) is 5.08. The van der Waals surface area contributed by atoms with Crippen LogP contribution in [0.15, 0.2) is 42.5 Å². The fraction of sp³-hybridized carbons (Fsp3) is 0.0714. The van der Waals surface area contributed by atoms with Crippen LogP contribution in [0.2, 0.25) is 5.02 Å². The van der Waals surface area contributed by atoms with Crippen molar-refractivity contribution >= 4 is 39.9 Å². The monoisotopic (exact) mass is 322 g/mol. The first-order valence-electron chi connectivity index (χ1n) is 5.99. The van der Waals surface area contributed by atoms with Gasteiger partial charge in [0, 0.05) is 28.6 Å². The maximum absolute atomic E-state index is 11.6. The molecular formula is C14H11ClN2O3S. The third-order valence-electron chi connectivity index (χ3n) is 2.57. The normalized spacial score (nSPS) is 10.7. The molecule has 7 heteroatoms. The number of nitrogens with zero attached hydrogens (tertiary/aromatic N) is 1. The molecule has 1 heterocycles. The number of nitrogens with one attached hydrogen (secondary N) is 1. The molecule has 0 saturated carbocycles. The molecule has 108 valence electrons. The number of benzene rings is 1. The van der Waals surface area contributed by atoms with E-state index in [0.717, 1.165) is 16.9 Å². The number of hydrogen-bond donors (Lipinski definition) is 1. The molecule has 2 aromatic rings. The average Bonchev–Trinajstić information content (AvgIpc) is 2.93. The zero-order valence-corrected chi connectivity index (χ0v) is 12.4. The number of thiophene rings is 1. The van der Waals surface area contributed by atoms with Crippen LogP contribution in [0, 0.1) is 10.1 Å². The van der Waals surface area contributed by atoms with E-state index in [9.17, 15) is 14.9 Å². The van der Waals surface area contributed by atoms with Crippen LogP contribution in [-0.2, 0) is 11.3 Å². The van der Waals surface area contributed by atoms with E-state index in [-0.39, 0.29) is 10.9 Å². The zero-order chi connectivity index (χ0) is 15.2. The van der Waals surface area contributed by atoms with Gasteiger partial charge in [0.05, 0.1) is 4.92 Å². The summed E-state index contributed by atoms with van der Waals surface area (Å²) in [6.45, 7) is 0.394. The number of nitro groups is 1. The Morgan fingerprint density at radius 1 is 1.29 bits per heavy atom. The lowest BCUT2D eigenvalue weighted by molar-refractivity contribution is -0.380. The Labute approximate surface area is 130 Å². The van der Waals surface area contributed by atoms with Crippen molar-refractivity contribution in [3.05, 3.63) is 68.1 Å². The van der Waals surface area contributed by atoms with Crippen molar-refractivity contribution in [3.8, 4) is 0 Å². The lowest BCUT2D eigenvalue weighted by Gasteiger charge is -2.02. The molecule has 5 nitrogen and oxygen atoms in total. The smallest absolute Gasteiger partial charge is 0.324 e. The fourth-order valence-corrected chi connectivity index (χ4v) is 2.39. The van der Waals surface area contributed by atoms with Crippen molar-refractivity contribution in [2.75, 3.05) is 0 Å². The molecule has 0 aliphatic carbocycles. The standard InChI is InChI=1S/C14H11ClN2O3S/c15-11-3-1-10(2-4-11)9-16-13(18)7-5-12-6-8-14(21-12)17(19)20/h1-8H,9H2,(H,16,18)/b7-5+. The molecule has 0 fully saturated rings. The highest BCUT2D eigenvalue weighted by atomic mass is 35.5. The van der Waals surface area contributed by atoms with Crippen LogP contribution in [0.25, 0.3) is 6.08 Å². The van der Waals surface area contributed by atoms with Gasteiger partial charge >= 0.3 is 5.00 Å². The minimum absolute atomic E-state index is 0.0521. The van der Waals surface area contributed by atoms with Gasteiger partial charge in [0.25, 0.3) is 0 Å². The van der Waals surface area contributed by atoms with Crippen molar-refractivity contribution in [1.29, 1.82) is 0 Å². The lowest BCUT2D eigenvalue weighted by Crippen LogP contribution is -2.20. The second-order valence-corrected chi connectivity index (χ2v) is 5.64. The highest BCUT2D eigenvalue weighted by molar-refractivity contribution is 7.16. The maximum atomic E-state index is 11.6. The summed E-state index contributed by atoms with van der Waals surface area (Å²) in [6, 6.07) is 10.2. The Bertz CT molecular complexity index is 680. The number of halogens is 1. The molecule has 0 unspecified atom stereocenters. The molecule has 0 aliphatic rings. The van der Waals surface area contributed by atoms with E-state index in [2.05, 4.69) is 5.32 Å². The van der Waals surface area contributed by atoms with E-state index < -0.39 is 4.92 Å². The Balaban J connectivity index is 1.87. The number of carbonyl (C=O) groups excluding carboxylic acids is 1. The molecule has 1 aromatic heterocycles. The van der Waals surface area contributed by atoms with Gasteiger partial charge < -0.3 is 5.32 Å². The van der Waals surface area contributed by atoms with Gasteiger partial charge in [-0.1, -0.05) is 35.1 Å². The van der Waals surface area contributed by atoms with Crippen LogP contribution in [0.3, 0.4) is 0 Å². The second kappa shape index (κ2) is 7.01. The van der Waals surface area contributed by atoms with E-state index in [1.807, 2.05) is 12.1 Å². The Morgan fingerprint density at radius 3 is 2.62 bits per heavy atom. The van der Waals surface area contributed by atoms with Crippen molar-refractivity contribution < 1.29 is 9.72 Å². The summed E-state index contributed by atoms with van der Waals surface area (Å²) in [4.78, 5) is 22.4. The highest BCUT2D eigenvalue weighted by Crippen LogP contribution is 2.24. The fourth-order valence-electron chi connectivity index (χ4n) is 1.54. The van der Waals surface area contributed by atoms with Gasteiger partial charge in [-0.2, -0.15) is 0 Å². The van der Waals surface area contributed by atoms with Crippen LogP contribution in [0.5, 0.6) is 0 Å². The molecule has 2 rings (SSSR count). The predicted molar refractivity (Wildman–Crippen MR) is 83.3 cm³/mol. The van der Waals surface area contributed by atoms with E-state index in [0.29, 0.717) is 16.4 Å². The summed E-state index contributed by atoms with van der Waals surface area (Å²) in [5.74, 6) is -0.263. The lowest BCUT2D eigenvalue weighted by atomic mass is 10.2. The van der Waals surface area contributed by atoms with Gasteiger partial charge in [0.1, 0.15) is 0 Å². The summed E-state index contributed by atoms with van der Waals surface area (Å²) in [5.41, 5.74) is 0.938. The number of rotatable bonds is 5. The molecule has 1 aromatic carbocycles. The molecule has 0 bridgehead atoms. The summed E-state index contributed by atoms with van der Waals surface area (Å²) in [5, 5.41) is 14.0. The molecule has 21 heavy (non-hydrogen) atoms. The van der Waals surface area contributed by atoms with Gasteiger partial charge in [-0.05, 0) is 29.8 Å². The van der Waals surface area contributed by atoms with Crippen molar-refractivity contribution in [3.63, 3.8) is 0 Å². The first kappa shape index (κ1) is 15.2. The molecule has 1 N–H and O–H groups in total. The number of amides is 1. The minimum atomic E-state index is -0.456. The average molecular weight is 323 g/mol. The quantitative estimate of drug-likeness (QED) is 0.519. The number of carbonyl (C=O) groups is 1. The zero-order valence-electron chi connectivity index (χ0n) is 10.8. The summed E-state index contributed by atoms with van der Waals surface area (Å²) < 4.78 is 0. The van der Waals surface area contributed by atoms with Gasteiger partial charge in [0.2, 0.25) is 5.91 Å². The van der Waals surface area contributed by atoms with Crippen LogP contribution in [0.4, 0.5) is 5.00 Å². The third kappa shape index (κ3) is 4.70. The number of hydrogen-bond acceptors (Lipinski definition) is 4. The maximum Gasteiger partial charge on any atom is 0.324 e. The van der Waals surface area contributed by atoms with Gasteiger partial charge in [-0.15, -0.1) is 0 Å². The predicted octanol–water partition coefficient (Wildman–Crippen LogP) is 3.64. The van der Waals surface area contributed by atoms with E-state index >= 15 is 0 Å². The third-order valence-corrected chi connectivity index (χ3v) is 3.83. The first-order chi connectivity index (χ1) is 10.0. The van der Waals surface area contributed by atoms with Crippen LogP contribution >= 0.6 is 22.9 Å². The molecule has 0 saturated heterocycles. The SMILES string of the molecule is O=C(/C=C/c1ccc([N+](=O)[O-])s1)NCc1ccc(Cl)cc1. The first-order valence-corrected chi connectivity index (χ1v) is 7.18.